The van der Waals surface area contributed by atoms with Crippen LogP contribution in [0.15, 0.2) is 12.1 Å². The van der Waals surface area contributed by atoms with Gasteiger partial charge in [-0.3, -0.25) is 4.90 Å². The summed E-state index contributed by atoms with van der Waals surface area (Å²) in [4.78, 5) is 6.18. The summed E-state index contributed by atoms with van der Waals surface area (Å²) in [6, 6.07) is 4.97. The van der Waals surface area contributed by atoms with Gasteiger partial charge in [0.05, 0.1) is 4.34 Å². The summed E-state index contributed by atoms with van der Waals surface area (Å²) >= 11 is 7.68. The number of thiophene rings is 1. The monoisotopic (exact) mass is 273 g/mol. The smallest absolute Gasteiger partial charge is 0.0931 e. The van der Waals surface area contributed by atoms with E-state index in [1.54, 1.807) is 11.3 Å². The van der Waals surface area contributed by atoms with Crippen molar-refractivity contribution < 1.29 is 0 Å². The van der Waals surface area contributed by atoms with Crippen molar-refractivity contribution in [1.29, 1.82) is 0 Å². The quantitative estimate of drug-likeness (QED) is 0.915. The summed E-state index contributed by atoms with van der Waals surface area (Å²) in [5.74, 6) is 0. The van der Waals surface area contributed by atoms with Crippen LogP contribution in [-0.2, 0) is 0 Å². The van der Waals surface area contributed by atoms with Crippen LogP contribution in [0.25, 0.3) is 0 Å². The van der Waals surface area contributed by atoms with Gasteiger partial charge in [0.1, 0.15) is 0 Å². The first kappa shape index (κ1) is 13.3. The maximum absolute atomic E-state index is 6.00. The van der Waals surface area contributed by atoms with E-state index in [0.29, 0.717) is 18.6 Å². The lowest BCUT2D eigenvalue weighted by Crippen LogP contribution is -2.55. The maximum Gasteiger partial charge on any atom is 0.0931 e. The molecule has 0 bridgehead atoms. The van der Waals surface area contributed by atoms with Crippen LogP contribution < -0.4 is 5.73 Å². The molecular formula is C12H20ClN3S. The molecular weight excluding hydrogens is 254 g/mol. The Labute approximate surface area is 112 Å². The summed E-state index contributed by atoms with van der Waals surface area (Å²) in [7, 11) is 2.16. The molecule has 0 radical (unpaired) electrons. The van der Waals surface area contributed by atoms with Crippen LogP contribution >= 0.6 is 22.9 Å². The number of nitrogens with zero attached hydrogens (tertiary/aromatic N) is 2. The fourth-order valence-electron chi connectivity index (χ4n) is 2.46. The van der Waals surface area contributed by atoms with Gasteiger partial charge in [-0.1, -0.05) is 11.6 Å². The van der Waals surface area contributed by atoms with Crippen LogP contribution in [0.4, 0.5) is 0 Å². The van der Waals surface area contributed by atoms with Crippen molar-refractivity contribution in [2.75, 3.05) is 33.2 Å². The predicted molar refractivity (Wildman–Crippen MR) is 74.8 cm³/mol. The van der Waals surface area contributed by atoms with E-state index in [9.17, 15) is 0 Å². The Kier molecular flexibility index (Phi) is 4.44. The largest absolute Gasteiger partial charge is 0.329 e. The number of hydrogen-bond acceptors (Lipinski definition) is 4. The molecule has 96 valence electrons. The second-order valence-corrected chi connectivity index (χ2v) is 6.45. The average Bonchev–Trinajstić information content (AvgIpc) is 2.75. The molecule has 1 aliphatic rings. The second-order valence-electron chi connectivity index (χ2n) is 4.71. The third kappa shape index (κ3) is 3.01. The molecule has 2 N–H and O–H groups in total. The van der Waals surface area contributed by atoms with Gasteiger partial charge in [0.15, 0.2) is 0 Å². The van der Waals surface area contributed by atoms with E-state index in [4.69, 9.17) is 17.3 Å². The van der Waals surface area contributed by atoms with Crippen molar-refractivity contribution in [3.63, 3.8) is 0 Å². The molecule has 2 heterocycles. The van der Waals surface area contributed by atoms with Crippen molar-refractivity contribution >= 4 is 22.9 Å². The molecule has 0 spiro atoms. The van der Waals surface area contributed by atoms with E-state index in [0.717, 1.165) is 24.0 Å². The number of hydrogen-bond donors (Lipinski definition) is 1. The summed E-state index contributed by atoms with van der Waals surface area (Å²) in [6.45, 7) is 6.21. The van der Waals surface area contributed by atoms with Crippen LogP contribution in [0.2, 0.25) is 4.34 Å². The third-order valence-electron chi connectivity index (χ3n) is 3.51. The third-order valence-corrected chi connectivity index (χ3v) is 4.91. The highest BCUT2D eigenvalue weighted by atomic mass is 35.5. The molecule has 1 aliphatic heterocycles. The van der Waals surface area contributed by atoms with Crippen LogP contribution in [0.1, 0.15) is 17.8 Å². The highest BCUT2D eigenvalue weighted by Crippen LogP contribution is 2.31. The van der Waals surface area contributed by atoms with Crippen LogP contribution in [0.3, 0.4) is 0 Å². The van der Waals surface area contributed by atoms with E-state index in [2.05, 4.69) is 29.8 Å². The lowest BCUT2D eigenvalue weighted by Gasteiger charge is -2.42. The second kappa shape index (κ2) is 5.67. The van der Waals surface area contributed by atoms with Crippen molar-refractivity contribution in [1.82, 2.24) is 9.80 Å². The van der Waals surface area contributed by atoms with Gasteiger partial charge in [0.25, 0.3) is 0 Å². The summed E-state index contributed by atoms with van der Waals surface area (Å²) in [5, 5.41) is 0. The normalized spacial score (nSPS) is 25.1. The van der Waals surface area contributed by atoms with Crippen molar-refractivity contribution in [3.05, 3.63) is 21.3 Å². The molecule has 1 fully saturated rings. The molecule has 0 aliphatic carbocycles. The SMILES string of the molecule is CC(c1ccc(Cl)s1)N1CCN(C)CC1CN. The molecule has 2 atom stereocenters. The maximum atomic E-state index is 6.00. The standard InChI is InChI=1S/C12H20ClN3S/c1-9(11-3-4-12(13)17-11)16-6-5-15(2)8-10(16)7-14/h3-4,9-10H,5-8,14H2,1-2H3. The van der Waals surface area contributed by atoms with Gasteiger partial charge in [-0.15, -0.1) is 11.3 Å². The van der Waals surface area contributed by atoms with E-state index in [1.807, 2.05) is 6.07 Å². The Bertz CT molecular complexity index is 368. The first-order valence-corrected chi connectivity index (χ1v) is 7.21. The Morgan fingerprint density at radius 2 is 2.29 bits per heavy atom. The first-order chi connectivity index (χ1) is 8.11. The lowest BCUT2D eigenvalue weighted by molar-refractivity contribution is 0.0633. The van der Waals surface area contributed by atoms with Gasteiger partial charge >= 0.3 is 0 Å². The molecule has 2 rings (SSSR count). The highest BCUT2D eigenvalue weighted by Gasteiger charge is 2.29. The minimum absolute atomic E-state index is 0.412. The molecule has 1 aromatic rings. The van der Waals surface area contributed by atoms with Gasteiger partial charge < -0.3 is 10.6 Å². The Hall–Kier alpha value is -0.130. The molecule has 3 nitrogen and oxygen atoms in total. The van der Waals surface area contributed by atoms with Crippen LogP contribution in [-0.4, -0.2) is 49.1 Å². The minimum atomic E-state index is 0.412. The molecule has 17 heavy (non-hydrogen) atoms. The zero-order chi connectivity index (χ0) is 12.4. The van der Waals surface area contributed by atoms with Gasteiger partial charge in [0.2, 0.25) is 0 Å². The fourth-order valence-corrected chi connectivity index (χ4v) is 3.59. The van der Waals surface area contributed by atoms with E-state index >= 15 is 0 Å². The van der Waals surface area contributed by atoms with Crippen molar-refractivity contribution in [2.45, 2.75) is 19.0 Å². The Morgan fingerprint density at radius 3 is 2.88 bits per heavy atom. The van der Waals surface area contributed by atoms with Gasteiger partial charge in [-0.05, 0) is 26.1 Å². The number of halogens is 1. The number of likely N-dealkylation sites (N-methyl/N-ethyl adjacent to an activating group) is 1. The van der Waals surface area contributed by atoms with E-state index < -0.39 is 0 Å². The first-order valence-electron chi connectivity index (χ1n) is 6.01. The Balaban J connectivity index is 2.09. The van der Waals surface area contributed by atoms with Crippen molar-refractivity contribution in [2.24, 2.45) is 5.73 Å². The average molecular weight is 274 g/mol. The topological polar surface area (TPSA) is 32.5 Å². The zero-order valence-electron chi connectivity index (χ0n) is 10.4. The number of piperazine rings is 1. The van der Waals surface area contributed by atoms with Gasteiger partial charge in [0, 0.05) is 43.1 Å². The van der Waals surface area contributed by atoms with Crippen molar-refractivity contribution in [3.8, 4) is 0 Å². The van der Waals surface area contributed by atoms with Crippen LogP contribution in [0, 0.1) is 0 Å². The highest BCUT2D eigenvalue weighted by molar-refractivity contribution is 7.16. The molecule has 1 saturated heterocycles. The molecule has 1 aromatic heterocycles. The fraction of sp³-hybridized carbons (Fsp3) is 0.667. The summed E-state index contributed by atoms with van der Waals surface area (Å²) < 4.78 is 0.866. The molecule has 0 saturated carbocycles. The number of nitrogens with two attached hydrogens (primary N) is 1. The van der Waals surface area contributed by atoms with Crippen LogP contribution in [0.5, 0.6) is 0 Å². The lowest BCUT2D eigenvalue weighted by atomic mass is 10.1. The zero-order valence-corrected chi connectivity index (χ0v) is 12.0. The van der Waals surface area contributed by atoms with E-state index in [-0.39, 0.29) is 0 Å². The molecule has 2 unspecified atom stereocenters. The predicted octanol–water partition coefficient (Wildman–Crippen LogP) is 2.04. The summed E-state index contributed by atoms with van der Waals surface area (Å²) in [6.07, 6.45) is 0. The molecule has 0 aromatic carbocycles. The van der Waals surface area contributed by atoms with Gasteiger partial charge in [-0.2, -0.15) is 0 Å². The number of rotatable bonds is 3. The minimum Gasteiger partial charge on any atom is -0.329 e. The summed E-state index contributed by atoms with van der Waals surface area (Å²) in [5.41, 5.74) is 5.89. The van der Waals surface area contributed by atoms with E-state index in [1.165, 1.54) is 4.88 Å². The van der Waals surface area contributed by atoms with Gasteiger partial charge in [-0.25, -0.2) is 0 Å². The molecule has 5 heteroatoms. The Morgan fingerprint density at radius 1 is 1.53 bits per heavy atom. The molecule has 0 amide bonds.